The number of amides is 1. The third kappa shape index (κ3) is 3.62. The van der Waals surface area contributed by atoms with Gasteiger partial charge >= 0.3 is 0 Å². The quantitative estimate of drug-likeness (QED) is 0.595. The van der Waals surface area contributed by atoms with E-state index >= 15 is 0 Å². The number of carbonyl (C=O) groups is 1. The van der Waals surface area contributed by atoms with Gasteiger partial charge in [0.1, 0.15) is 16.9 Å². The standard InChI is InChI=1S/C17H19N5OS2/c1-3-8-22-14(4-2)20-21-17(22)24-10-15(23)19-16-12(9-18)11-6-5-7-13(11)25-16/h3H,1,4-8,10H2,2H3,(H,19,23). The first kappa shape index (κ1) is 17.7. The van der Waals surface area contributed by atoms with Crippen LogP contribution in [0.25, 0.3) is 0 Å². The zero-order chi connectivity index (χ0) is 17.8. The minimum Gasteiger partial charge on any atom is -0.316 e. The molecule has 130 valence electrons. The Bertz CT molecular complexity index is 846. The summed E-state index contributed by atoms with van der Waals surface area (Å²) in [5.74, 6) is 0.976. The molecule has 0 spiro atoms. The van der Waals surface area contributed by atoms with Gasteiger partial charge < -0.3 is 9.88 Å². The number of rotatable bonds is 7. The van der Waals surface area contributed by atoms with Crippen LogP contribution in [0.2, 0.25) is 0 Å². The van der Waals surface area contributed by atoms with Gasteiger partial charge in [0, 0.05) is 17.8 Å². The fourth-order valence-corrected chi connectivity index (χ4v) is 4.93. The van der Waals surface area contributed by atoms with Crippen LogP contribution < -0.4 is 5.32 Å². The molecule has 0 atom stereocenters. The predicted molar refractivity (Wildman–Crippen MR) is 100 cm³/mol. The molecule has 1 amide bonds. The van der Waals surface area contributed by atoms with Crippen molar-refractivity contribution in [2.24, 2.45) is 0 Å². The van der Waals surface area contributed by atoms with Gasteiger partial charge in [-0.25, -0.2) is 0 Å². The van der Waals surface area contributed by atoms with Crippen molar-refractivity contribution in [2.45, 2.75) is 44.3 Å². The molecule has 2 aromatic heterocycles. The Labute approximate surface area is 155 Å². The Hall–Kier alpha value is -2.11. The number of hydrogen-bond donors (Lipinski definition) is 1. The number of nitrogens with zero attached hydrogens (tertiary/aromatic N) is 4. The number of allylic oxidation sites excluding steroid dienone is 1. The number of thiophene rings is 1. The molecule has 0 radical (unpaired) electrons. The molecular formula is C17H19N5OS2. The maximum atomic E-state index is 12.3. The van der Waals surface area contributed by atoms with Crippen LogP contribution in [0, 0.1) is 11.3 Å². The summed E-state index contributed by atoms with van der Waals surface area (Å²) in [5, 5.41) is 22.0. The van der Waals surface area contributed by atoms with Gasteiger partial charge in [-0.1, -0.05) is 24.8 Å². The fraction of sp³-hybridized carbons (Fsp3) is 0.412. The van der Waals surface area contributed by atoms with Crippen LogP contribution in [0.1, 0.15) is 35.2 Å². The normalized spacial score (nSPS) is 12.6. The molecule has 1 N–H and O–H groups in total. The van der Waals surface area contributed by atoms with Crippen molar-refractivity contribution >= 4 is 34.0 Å². The zero-order valence-electron chi connectivity index (χ0n) is 14.0. The molecule has 0 fully saturated rings. The van der Waals surface area contributed by atoms with Gasteiger partial charge in [0.05, 0.1) is 11.3 Å². The third-order valence-electron chi connectivity index (χ3n) is 4.04. The van der Waals surface area contributed by atoms with Crippen LogP contribution in [0.4, 0.5) is 5.00 Å². The van der Waals surface area contributed by atoms with E-state index < -0.39 is 0 Å². The SMILES string of the molecule is C=CCn1c(CC)nnc1SCC(=O)Nc1sc2c(c1C#N)CCC2. The summed E-state index contributed by atoms with van der Waals surface area (Å²) in [4.78, 5) is 13.5. The van der Waals surface area contributed by atoms with Crippen molar-refractivity contribution in [3.63, 3.8) is 0 Å². The van der Waals surface area contributed by atoms with Crippen molar-refractivity contribution in [2.75, 3.05) is 11.1 Å². The lowest BCUT2D eigenvalue weighted by atomic mass is 10.1. The Morgan fingerprint density at radius 2 is 2.36 bits per heavy atom. The van der Waals surface area contributed by atoms with Gasteiger partial charge in [-0.15, -0.1) is 28.1 Å². The predicted octanol–water partition coefficient (Wildman–Crippen LogP) is 3.18. The molecule has 8 heteroatoms. The molecule has 0 saturated carbocycles. The minimum atomic E-state index is -0.132. The summed E-state index contributed by atoms with van der Waals surface area (Å²) in [7, 11) is 0. The molecule has 0 aliphatic heterocycles. The first-order chi connectivity index (χ1) is 12.2. The molecule has 1 aliphatic carbocycles. The van der Waals surface area contributed by atoms with E-state index in [0.717, 1.165) is 37.1 Å². The first-order valence-corrected chi connectivity index (χ1v) is 9.98. The average Bonchev–Trinajstić information content (AvgIpc) is 3.27. The summed E-state index contributed by atoms with van der Waals surface area (Å²) in [5.41, 5.74) is 1.76. The Morgan fingerprint density at radius 3 is 3.08 bits per heavy atom. The maximum Gasteiger partial charge on any atom is 0.235 e. The maximum absolute atomic E-state index is 12.3. The summed E-state index contributed by atoms with van der Waals surface area (Å²) in [6, 6.07) is 2.24. The van der Waals surface area contributed by atoms with Crippen LogP contribution >= 0.6 is 23.1 Å². The lowest BCUT2D eigenvalue weighted by molar-refractivity contribution is -0.113. The van der Waals surface area contributed by atoms with E-state index in [2.05, 4.69) is 28.2 Å². The van der Waals surface area contributed by atoms with Crippen LogP contribution in [-0.4, -0.2) is 26.4 Å². The van der Waals surface area contributed by atoms with Crippen LogP contribution in [0.3, 0.4) is 0 Å². The van der Waals surface area contributed by atoms with Gasteiger partial charge in [-0.05, 0) is 24.8 Å². The molecule has 1 aliphatic rings. The third-order valence-corrected chi connectivity index (χ3v) is 6.21. The van der Waals surface area contributed by atoms with Crippen LogP contribution in [0.5, 0.6) is 0 Å². The smallest absolute Gasteiger partial charge is 0.235 e. The second kappa shape index (κ2) is 7.85. The number of nitrogens with one attached hydrogen (secondary N) is 1. The van der Waals surface area contributed by atoms with Crippen molar-refractivity contribution in [1.29, 1.82) is 5.26 Å². The van der Waals surface area contributed by atoms with Gasteiger partial charge in [0.25, 0.3) is 0 Å². The molecule has 0 aromatic carbocycles. The summed E-state index contributed by atoms with van der Waals surface area (Å²) in [6.07, 6.45) is 5.60. The number of aromatic nitrogens is 3. The van der Waals surface area contributed by atoms with Crippen molar-refractivity contribution < 1.29 is 4.79 Å². The number of hydrogen-bond acceptors (Lipinski definition) is 6. The van der Waals surface area contributed by atoms with Gasteiger partial charge in [0.2, 0.25) is 5.91 Å². The van der Waals surface area contributed by atoms with Gasteiger partial charge in [-0.2, -0.15) is 5.26 Å². The highest BCUT2D eigenvalue weighted by Gasteiger charge is 2.23. The molecule has 0 saturated heterocycles. The van der Waals surface area contributed by atoms with Crippen LogP contribution in [-0.2, 0) is 30.6 Å². The molecule has 2 aromatic rings. The first-order valence-electron chi connectivity index (χ1n) is 8.18. The van der Waals surface area contributed by atoms with E-state index in [1.807, 2.05) is 11.5 Å². The zero-order valence-corrected chi connectivity index (χ0v) is 15.7. The highest BCUT2D eigenvalue weighted by atomic mass is 32.2. The summed E-state index contributed by atoms with van der Waals surface area (Å²) < 4.78 is 1.96. The Kier molecular flexibility index (Phi) is 5.56. The topological polar surface area (TPSA) is 83.6 Å². The Balaban J connectivity index is 1.66. The molecule has 25 heavy (non-hydrogen) atoms. The molecular weight excluding hydrogens is 354 g/mol. The van der Waals surface area contributed by atoms with Crippen molar-refractivity contribution in [3.8, 4) is 6.07 Å². The van der Waals surface area contributed by atoms with Crippen molar-refractivity contribution in [1.82, 2.24) is 14.8 Å². The minimum absolute atomic E-state index is 0.132. The Morgan fingerprint density at radius 1 is 1.52 bits per heavy atom. The highest BCUT2D eigenvalue weighted by molar-refractivity contribution is 7.99. The number of nitriles is 1. The van der Waals surface area contributed by atoms with E-state index in [0.29, 0.717) is 22.3 Å². The van der Waals surface area contributed by atoms with E-state index in [1.54, 1.807) is 6.08 Å². The molecule has 0 unspecified atom stereocenters. The van der Waals surface area contributed by atoms with E-state index in [4.69, 9.17) is 0 Å². The number of anilines is 1. The lowest BCUT2D eigenvalue weighted by Crippen LogP contribution is -2.14. The average molecular weight is 374 g/mol. The molecule has 0 bridgehead atoms. The van der Waals surface area contributed by atoms with Crippen molar-refractivity contribution in [3.05, 3.63) is 34.5 Å². The van der Waals surface area contributed by atoms with E-state index in [1.165, 1.54) is 28.0 Å². The van der Waals surface area contributed by atoms with E-state index in [-0.39, 0.29) is 11.7 Å². The number of carbonyl (C=O) groups excluding carboxylic acids is 1. The summed E-state index contributed by atoms with van der Waals surface area (Å²) in [6.45, 7) is 6.39. The number of thioether (sulfide) groups is 1. The lowest BCUT2D eigenvalue weighted by Gasteiger charge is -2.07. The largest absolute Gasteiger partial charge is 0.316 e. The second-order valence-electron chi connectivity index (χ2n) is 5.66. The highest BCUT2D eigenvalue weighted by Crippen LogP contribution is 2.38. The van der Waals surface area contributed by atoms with Gasteiger partial charge in [-0.3, -0.25) is 4.79 Å². The van der Waals surface area contributed by atoms with E-state index in [9.17, 15) is 10.1 Å². The molecule has 2 heterocycles. The van der Waals surface area contributed by atoms with Crippen LogP contribution in [0.15, 0.2) is 17.8 Å². The second-order valence-corrected chi connectivity index (χ2v) is 7.71. The number of fused-ring (bicyclic) bond motifs is 1. The summed E-state index contributed by atoms with van der Waals surface area (Å²) >= 11 is 2.88. The number of aryl methyl sites for hydroxylation is 2. The monoisotopic (exact) mass is 373 g/mol. The molecule has 3 rings (SSSR count). The fourth-order valence-electron chi connectivity index (χ4n) is 2.90. The van der Waals surface area contributed by atoms with Gasteiger partial charge in [0.15, 0.2) is 5.16 Å². The molecule has 6 nitrogen and oxygen atoms in total.